The van der Waals surface area contributed by atoms with Crippen LogP contribution in [0.15, 0.2) is 35.3 Å². The third-order valence-electron chi connectivity index (χ3n) is 2.61. The maximum absolute atomic E-state index is 12.8. The number of nitrogens with one attached hydrogen (secondary N) is 1. The number of aromatic amines is 1. The summed E-state index contributed by atoms with van der Waals surface area (Å²) in [6.07, 6.45) is 1.25. The van der Waals surface area contributed by atoms with Gasteiger partial charge in [-0.15, -0.1) is 0 Å². The molecule has 0 atom stereocenters. The Morgan fingerprint density at radius 3 is 2.32 bits per heavy atom. The minimum Gasteiger partial charge on any atom is -0.308 e. The van der Waals surface area contributed by atoms with Gasteiger partial charge in [0.05, 0.1) is 5.69 Å². The molecule has 2 rings (SSSR count). The van der Waals surface area contributed by atoms with Crippen molar-refractivity contribution in [3.05, 3.63) is 46.6 Å². The van der Waals surface area contributed by atoms with Crippen LogP contribution in [0.1, 0.15) is 0 Å². The van der Waals surface area contributed by atoms with E-state index in [0.29, 0.717) is 5.69 Å². The van der Waals surface area contributed by atoms with Crippen molar-refractivity contribution < 1.29 is 18.0 Å². The Morgan fingerprint density at radius 1 is 1.21 bits per heavy atom. The van der Waals surface area contributed by atoms with Crippen LogP contribution in [-0.4, -0.2) is 24.0 Å². The predicted octanol–water partition coefficient (Wildman–Crippen LogP) is 1.42. The van der Waals surface area contributed by atoms with E-state index in [1.54, 1.807) is 0 Å². The van der Waals surface area contributed by atoms with Crippen LogP contribution in [0.2, 0.25) is 0 Å². The fourth-order valence-corrected chi connectivity index (χ4v) is 2.70. The summed E-state index contributed by atoms with van der Waals surface area (Å²) in [6, 6.07) is 5.27. The predicted molar refractivity (Wildman–Crippen MR) is 67.6 cm³/mol. The molecule has 0 unspecified atom stereocenters. The minimum absolute atomic E-state index is 0.109. The van der Waals surface area contributed by atoms with Crippen molar-refractivity contribution in [1.82, 2.24) is 9.78 Å². The van der Waals surface area contributed by atoms with Gasteiger partial charge in [0, 0.05) is 20.4 Å². The van der Waals surface area contributed by atoms with E-state index >= 15 is 0 Å². The Labute approximate surface area is 108 Å². The van der Waals surface area contributed by atoms with Crippen LogP contribution < -0.4 is 10.9 Å². The average Bonchev–Trinajstić information content (AvgIpc) is 2.81. The molecule has 0 bridgehead atoms. The fourth-order valence-electron chi connectivity index (χ4n) is 1.61. The summed E-state index contributed by atoms with van der Waals surface area (Å²) in [6.45, 7) is 0. The first kappa shape index (κ1) is 13.7. The van der Waals surface area contributed by atoms with Crippen LogP contribution in [-0.2, 0) is 13.6 Å². The van der Waals surface area contributed by atoms with Gasteiger partial charge in [0.1, 0.15) is 11.1 Å². The Kier molecular flexibility index (Phi) is 3.71. The van der Waals surface area contributed by atoms with Crippen molar-refractivity contribution in [2.45, 2.75) is 0 Å². The Hall–Kier alpha value is -1.69. The van der Waals surface area contributed by atoms with Gasteiger partial charge in [0.15, 0.2) is 0 Å². The number of halogens is 1. The van der Waals surface area contributed by atoms with E-state index in [4.69, 9.17) is 9.05 Å². The minimum atomic E-state index is -3.62. The maximum atomic E-state index is 12.8. The summed E-state index contributed by atoms with van der Waals surface area (Å²) < 4.78 is 35.6. The SMILES string of the molecule is COP(=O)(OC)c1c[nH]n(-c2ccc(F)cc2)c1=O. The van der Waals surface area contributed by atoms with E-state index in [1.807, 2.05) is 0 Å². The Balaban J connectivity index is 2.53. The van der Waals surface area contributed by atoms with E-state index in [9.17, 15) is 13.8 Å². The average molecular weight is 286 g/mol. The van der Waals surface area contributed by atoms with E-state index in [0.717, 1.165) is 4.68 Å². The molecule has 0 spiro atoms. The maximum Gasteiger partial charge on any atom is 0.368 e. The molecule has 0 fully saturated rings. The molecule has 0 amide bonds. The lowest BCUT2D eigenvalue weighted by Gasteiger charge is -2.09. The van der Waals surface area contributed by atoms with Gasteiger partial charge in [0.25, 0.3) is 5.56 Å². The smallest absolute Gasteiger partial charge is 0.308 e. The number of nitrogens with zero attached hydrogens (tertiary/aromatic N) is 1. The fraction of sp³-hybridized carbons (Fsp3) is 0.182. The molecule has 1 aromatic carbocycles. The summed E-state index contributed by atoms with van der Waals surface area (Å²) in [5, 5.41) is 2.52. The number of aromatic nitrogens is 2. The van der Waals surface area contributed by atoms with Crippen LogP contribution in [0.5, 0.6) is 0 Å². The normalized spacial score (nSPS) is 11.7. The van der Waals surface area contributed by atoms with Gasteiger partial charge in [0.2, 0.25) is 0 Å². The summed E-state index contributed by atoms with van der Waals surface area (Å²) in [5.41, 5.74) is -0.157. The van der Waals surface area contributed by atoms with Gasteiger partial charge in [-0.25, -0.2) is 9.07 Å². The van der Waals surface area contributed by atoms with Crippen molar-refractivity contribution >= 4 is 12.9 Å². The third kappa shape index (κ3) is 2.40. The molecule has 1 aromatic heterocycles. The molecular formula is C11H12FN2O4P. The Bertz CT molecular complexity index is 669. The molecule has 0 aliphatic rings. The molecule has 0 aliphatic heterocycles. The lowest BCUT2D eigenvalue weighted by molar-refractivity contribution is 0.287. The second kappa shape index (κ2) is 5.13. The van der Waals surface area contributed by atoms with Crippen molar-refractivity contribution in [3.8, 4) is 5.69 Å². The third-order valence-corrected chi connectivity index (χ3v) is 4.49. The highest BCUT2D eigenvalue weighted by Crippen LogP contribution is 2.43. The van der Waals surface area contributed by atoms with Crippen LogP contribution in [0.25, 0.3) is 5.69 Å². The van der Waals surface area contributed by atoms with E-state index in [2.05, 4.69) is 5.10 Å². The largest absolute Gasteiger partial charge is 0.368 e. The molecule has 2 aromatic rings. The van der Waals surface area contributed by atoms with Gasteiger partial charge in [-0.2, -0.15) is 0 Å². The van der Waals surface area contributed by atoms with Crippen molar-refractivity contribution in [1.29, 1.82) is 0 Å². The highest BCUT2D eigenvalue weighted by Gasteiger charge is 2.30. The monoisotopic (exact) mass is 286 g/mol. The molecule has 0 saturated heterocycles. The standard InChI is InChI=1S/C11H12FN2O4P/c1-17-19(16,18-2)10-7-13-14(11(10)15)9-5-3-8(12)4-6-9/h3-7,13H,1-2H3. The van der Waals surface area contributed by atoms with Crippen LogP contribution >= 0.6 is 7.60 Å². The van der Waals surface area contributed by atoms with Gasteiger partial charge < -0.3 is 9.05 Å². The lowest BCUT2D eigenvalue weighted by Crippen LogP contribution is -2.28. The number of rotatable bonds is 4. The molecule has 1 heterocycles. The second-order valence-electron chi connectivity index (χ2n) is 3.64. The molecule has 19 heavy (non-hydrogen) atoms. The van der Waals surface area contributed by atoms with Gasteiger partial charge >= 0.3 is 7.60 Å². The second-order valence-corrected chi connectivity index (χ2v) is 5.85. The zero-order chi connectivity index (χ0) is 14.0. The zero-order valence-electron chi connectivity index (χ0n) is 10.3. The van der Waals surface area contributed by atoms with Crippen LogP contribution in [0.4, 0.5) is 4.39 Å². The molecule has 1 N–H and O–H groups in total. The van der Waals surface area contributed by atoms with Crippen molar-refractivity contribution in [2.24, 2.45) is 0 Å². The van der Waals surface area contributed by atoms with E-state index < -0.39 is 19.0 Å². The first-order chi connectivity index (χ1) is 9.01. The molecule has 102 valence electrons. The quantitative estimate of drug-likeness (QED) is 0.863. The van der Waals surface area contributed by atoms with Crippen LogP contribution in [0.3, 0.4) is 0 Å². The van der Waals surface area contributed by atoms with Gasteiger partial charge in [-0.1, -0.05) is 0 Å². The summed E-state index contributed by atoms with van der Waals surface area (Å²) in [4.78, 5) is 12.1. The first-order valence-electron chi connectivity index (χ1n) is 5.30. The summed E-state index contributed by atoms with van der Waals surface area (Å²) in [7, 11) is -1.23. The topological polar surface area (TPSA) is 73.3 Å². The van der Waals surface area contributed by atoms with Crippen LogP contribution in [0, 0.1) is 5.82 Å². The molecule has 0 aliphatic carbocycles. The molecule has 6 nitrogen and oxygen atoms in total. The number of hydrogen-bond donors (Lipinski definition) is 1. The molecular weight excluding hydrogens is 274 g/mol. The summed E-state index contributed by atoms with van der Waals surface area (Å²) in [5.74, 6) is -0.414. The number of benzene rings is 1. The highest BCUT2D eigenvalue weighted by molar-refractivity contribution is 7.62. The molecule has 0 saturated carbocycles. The summed E-state index contributed by atoms with van der Waals surface area (Å²) >= 11 is 0. The molecule has 0 radical (unpaired) electrons. The Morgan fingerprint density at radius 2 is 1.79 bits per heavy atom. The number of H-pyrrole nitrogens is 1. The van der Waals surface area contributed by atoms with E-state index in [1.165, 1.54) is 44.7 Å². The molecule has 8 heteroatoms. The highest BCUT2D eigenvalue weighted by atomic mass is 31.2. The van der Waals surface area contributed by atoms with Gasteiger partial charge in [-0.05, 0) is 24.3 Å². The van der Waals surface area contributed by atoms with Crippen molar-refractivity contribution in [3.63, 3.8) is 0 Å². The lowest BCUT2D eigenvalue weighted by atomic mass is 10.3. The van der Waals surface area contributed by atoms with Gasteiger partial charge in [-0.3, -0.25) is 14.5 Å². The van der Waals surface area contributed by atoms with Crippen molar-refractivity contribution in [2.75, 3.05) is 14.2 Å². The zero-order valence-corrected chi connectivity index (χ0v) is 11.2. The van der Waals surface area contributed by atoms with E-state index in [-0.39, 0.29) is 5.30 Å². The number of hydrogen-bond acceptors (Lipinski definition) is 4. The first-order valence-corrected chi connectivity index (χ1v) is 6.84.